The SMILES string of the molecule is CC(S)COc1ccc(C2(c3ccc(OCC(C)S)cc3)CCC(C(C)(C)C3CCC(c4ccc(OCC(C)S)cc4)(c4ccc(OCC(C)S)cc4)CC3)CC2)cc1. The van der Waals surface area contributed by atoms with Crippen molar-refractivity contribution < 1.29 is 18.9 Å². The van der Waals surface area contributed by atoms with Crippen molar-refractivity contribution >= 4 is 50.5 Å². The summed E-state index contributed by atoms with van der Waals surface area (Å²) < 4.78 is 24.2. The van der Waals surface area contributed by atoms with Crippen molar-refractivity contribution in [2.45, 2.75) is 125 Å². The average molecular weight is 873 g/mol. The third-order valence-electron chi connectivity index (χ3n) is 13.4. The topological polar surface area (TPSA) is 36.9 Å². The molecular weight excluding hydrogens is 805 g/mol. The third-order valence-corrected chi connectivity index (χ3v) is 14.0. The highest BCUT2D eigenvalue weighted by molar-refractivity contribution is 7.81. The van der Waals surface area contributed by atoms with E-state index in [0.29, 0.717) is 38.3 Å². The molecule has 4 aromatic rings. The molecule has 2 aliphatic rings. The van der Waals surface area contributed by atoms with E-state index in [1.807, 2.05) is 0 Å². The van der Waals surface area contributed by atoms with Crippen molar-refractivity contribution in [3.8, 4) is 23.0 Å². The highest BCUT2D eigenvalue weighted by Gasteiger charge is 2.48. The van der Waals surface area contributed by atoms with Crippen LogP contribution in [0.2, 0.25) is 0 Å². The molecule has 4 atom stereocenters. The highest BCUT2D eigenvalue weighted by Crippen LogP contribution is 2.57. The molecule has 320 valence electrons. The maximum atomic E-state index is 6.04. The van der Waals surface area contributed by atoms with Gasteiger partial charge >= 0.3 is 0 Å². The lowest BCUT2D eigenvalue weighted by Gasteiger charge is -2.51. The smallest absolute Gasteiger partial charge is 0.119 e. The van der Waals surface area contributed by atoms with Crippen molar-refractivity contribution in [1.29, 1.82) is 0 Å². The van der Waals surface area contributed by atoms with Crippen molar-refractivity contribution in [2.75, 3.05) is 26.4 Å². The summed E-state index contributed by atoms with van der Waals surface area (Å²) in [5.74, 6) is 4.89. The molecule has 0 bridgehead atoms. The first-order valence-electron chi connectivity index (χ1n) is 21.9. The predicted octanol–water partition coefficient (Wildman–Crippen LogP) is 13.2. The van der Waals surface area contributed by atoms with Gasteiger partial charge in [-0.25, -0.2) is 0 Å². The molecule has 2 fully saturated rings. The van der Waals surface area contributed by atoms with Crippen molar-refractivity contribution in [3.63, 3.8) is 0 Å². The van der Waals surface area contributed by atoms with Gasteiger partial charge in [-0.1, -0.05) is 90.1 Å². The molecule has 0 saturated heterocycles. The molecule has 0 heterocycles. The number of benzene rings is 4. The van der Waals surface area contributed by atoms with Gasteiger partial charge in [0.1, 0.15) is 23.0 Å². The van der Waals surface area contributed by atoms with Crippen LogP contribution in [0.1, 0.15) is 115 Å². The first-order valence-corrected chi connectivity index (χ1v) is 23.9. The molecule has 59 heavy (non-hydrogen) atoms. The summed E-state index contributed by atoms with van der Waals surface area (Å²) >= 11 is 18.1. The zero-order chi connectivity index (χ0) is 42.2. The molecule has 2 aliphatic carbocycles. The van der Waals surface area contributed by atoms with E-state index in [9.17, 15) is 0 Å². The Labute approximate surface area is 378 Å². The van der Waals surface area contributed by atoms with Gasteiger partial charge in [0.2, 0.25) is 0 Å². The first-order chi connectivity index (χ1) is 28.2. The quantitative estimate of drug-likeness (QED) is 0.0752. The Balaban J connectivity index is 1.21. The zero-order valence-electron chi connectivity index (χ0n) is 36.1. The van der Waals surface area contributed by atoms with Crippen molar-refractivity contribution in [2.24, 2.45) is 17.3 Å². The Morgan fingerprint density at radius 1 is 0.424 bits per heavy atom. The summed E-state index contributed by atoms with van der Waals surface area (Å²) in [4.78, 5) is 0. The minimum absolute atomic E-state index is 0.0688. The fraction of sp³-hybridized carbons (Fsp3) is 0.529. The summed E-state index contributed by atoms with van der Waals surface area (Å²) in [5, 5.41) is 0.737. The second-order valence-corrected chi connectivity index (χ2v) is 21.8. The lowest BCUT2D eigenvalue weighted by atomic mass is 9.53. The van der Waals surface area contributed by atoms with Crippen molar-refractivity contribution in [1.82, 2.24) is 0 Å². The van der Waals surface area contributed by atoms with Gasteiger partial charge in [0.05, 0.1) is 26.4 Å². The van der Waals surface area contributed by atoms with E-state index < -0.39 is 0 Å². The van der Waals surface area contributed by atoms with Crippen LogP contribution < -0.4 is 18.9 Å². The summed E-state index contributed by atoms with van der Waals surface area (Å²) in [6.45, 7) is 15.8. The number of hydrogen-bond donors (Lipinski definition) is 4. The molecule has 0 amide bonds. The summed E-state index contributed by atoms with van der Waals surface area (Å²) in [5.41, 5.74) is 5.55. The predicted molar refractivity (Wildman–Crippen MR) is 261 cm³/mol. The van der Waals surface area contributed by atoms with Crippen LogP contribution in [0, 0.1) is 17.3 Å². The largest absolute Gasteiger partial charge is 0.492 e. The standard InChI is InChI=1S/C51H68O4S4/c1-35(56)31-52-45-15-7-41(8-16-45)50(42-9-17-46(18-10-42)53-32-36(2)57)27-23-39(24-28-50)49(5,6)40-25-29-51(30-26-40,43-11-19-47(20-12-43)54-33-37(3)58)44-13-21-48(22-14-44)55-34-38(4)59/h7-22,35-40,56-59H,23-34H2,1-6H3. The van der Waals surface area contributed by atoms with Gasteiger partial charge in [0.15, 0.2) is 0 Å². The van der Waals surface area contributed by atoms with Crippen LogP contribution in [-0.2, 0) is 10.8 Å². The lowest BCUT2D eigenvalue weighted by molar-refractivity contribution is 0.0364. The third kappa shape index (κ3) is 11.5. The van der Waals surface area contributed by atoms with Gasteiger partial charge in [0.25, 0.3) is 0 Å². The molecule has 0 N–H and O–H groups in total. The van der Waals surface area contributed by atoms with Crippen LogP contribution in [0.5, 0.6) is 23.0 Å². The van der Waals surface area contributed by atoms with E-state index in [0.717, 1.165) is 48.7 Å². The van der Waals surface area contributed by atoms with Gasteiger partial charge in [0, 0.05) is 31.8 Å². The molecule has 4 aromatic carbocycles. The molecule has 6 rings (SSSR count). The fourth-order valence-electron chi connectivity index (χ4n) is 9.88. The maximum Gasteiger partial charge on any atom is 0.119 e. The Hall–Kier alpha value is -2.52. The Kier molecular flexibility index (Phi) is 16.0. The minimum Gasteiger partial charge on any atom is -0.492 e. The monoisotopic (exact) mass is 872 g/mol. The Bertz CT molecular complexity index is 1600. The van der Waals surface area contributed by atoms with E-state index in [1.54, 1.807) is 0 Å². The molecule has 4 nitrogen and oxygen atoms in total. The normalized spacial score (nSPS) is 24.4. The van der Waals surface area contributed by atoms with E-state index in [2.05, 4.69) is 189 Å². The van der Waals surface area contributed by atoms with E-state index in [-0.39, 0.29) is 37.2 Å². The van der Waals surface area contributed by atoms with Gasteiger partial charge in [-0.3, -0.25) is 0 Å². The number of hydrogen-bond acceptors (Lipinski definition) is 8. The fourth-order valence-corrected chi connectivity index (χ4v) is 10.2. The second-order valence-electron chi connectivity index (χ2n) is 18.3. The Morgan fingerprint density at radius 2 is 0.627 bits per heavy atom. The molecule has 0 radical (unpaired) electrons. The Morgan fingerprint density at radius 3 is 0.814 bits per heavy atom. The van der Waals surface area contributed by atoms with Crippen LogP contribution >= 0.6 is 50.5 Å². The average Bonchev–Trinajstić information content (AvgIpc) is 3.24. The lowest BCUT2D eigenvalue weighted by Crippen LogP contribution is -2.43. The van der Waals surface area contributed by atoms with Gasteiger partial charge in [-0.2, -0.15) is 50.5 Å². The van der Waals surface area contributed by atoms with Crippen LogP contribution in [0.25, 0.3) is 0 Å². The number of thiol groups is 4. The van der Waals surface area contributed by atoms with E-state index in [4.69, 9.17) is 18.9 Å². The van der Waals surface area contributed by atoms with Crippen LogP contribution in [-0.4, -0.2) is 47.4 Å². The summed E-state index contributed by atoms with van der Waals surface area (Å²) in [6, 6.07) is 35.6. The molecule has 0 aliphatic heterocycles. The molecule has 0 spiro atoms. The molecule has 8 heteroatoms. The minimum atomic E-state index is -0.0688. The maximum absolute atomic E-state index is 6.04. The van der Waals surface area contributed by atoms with Gasteiger partial charge < -0.3 is 18.9 Å². The van der Waals surface area contributed by atoms with E-state index >= 15 is 0 Å². The molecule has 0 aromatic heterocycles. The second kappa shape index (κ2) is 20.6. The van der Waals surface area contributed by atoms with Crippen molar-refractivity contribution in [3.05, 3.63) is 119 Å². The molecular formula is C51H68O4S4. The highest BCUT2D eigenvalue weighted by atomic mass is 32.1. The van der Waals surface area contributed by atoms with Gasteiger partial charge in [-0.15, -0.1) is 0 Å². The van der Waals surface area contributed by atoms with Crippen LogP contribution in [0.15, 0.2) is 97.1 Å². The first kappa shape index (κ1) is 46.0. The number of rotatable bonds is 18. The van der Waals surface area contributed by atoms with E-state index in [1.165, 1.54) is 47.9 Å². The summed E-state index contributed by atoms with van der Waals surface area (Å²) in [6.07, 6.45) is 9.22. The molecule has 2 saturated carbocycles. The molecule has 4 unspecified atom stereocenters. The van der Waals surface area contributed by atoms with Crippen LogP contribution in [0.3, 0.4) is 0 Å². The van der Waals surface area contributed by atoms with Crippen LogP contribution in [0.4, 0.5) is 0 Å². The zero-order valence-corrected chi connectivity index (χ0v) is 39.7. The summed E-state index contributed by atoms with van der Waals surface area (Å²) in [7, 11) is 0. The van der Waals surface area contributed by atoms with Gasteiger partial charge in [-0.05, 0) is 139 Å². The number of ether oxygens (including phenoxy) is 4.